The van der Waals surface area contributed by atoms with E-state index in [9.17, 15) is 4.79 Å². The molecule has 138 valence electrons. The number of piperidine rings is 1. The number of hydrogen-bond acceptors (Lipinski definition) is 3. The second-order valence-electron chi connectivity index (χ2n) is 6.81. The van der Waals surface area contributed by atoms with E-state index in [0.29, 0.717) is 23.9 Å². The van der Waals surface area contributed by atoms with E-state index in [1.54, 1.807) is 6.07 Å². The molecule has 1 fully saturated rings. The van der Waals surface area contributed by atoms with E-state index in [1.807, 2.05) is 30.3 Å². The summed E-state index contributed by atoms with van der Waals surface area (Å²) in [6.07, 6.45) is 3.86. The summed E-state index contributed by atoms with van der Waals surface area (Å²) in [6, 6.07) is 15.8. The average Bonchev–Trinajstić information content (AvgIpc) is 2.67. The zero-order chi connectivity index (χ0) is 18.2. The van der Waals surface area contributed by atoms with Gasteiger partial charge >= 0.3 is 0 Å². The van der Waals surface area contributed by atoms with E-state index in [1.165, 1.54) is 18.4 Å². The van der Waals surface area contributed by atoms with Gasteiger partial charge in [-0.2, -0.15) is 0 Å². The van der Waals surface area contributed by atoms with Crippen molar-refractivity contribution in [1.29, 1.82) is 0 Å². The Morgan fingerprint density at radius 1 is 1.12 bits per heavy atom. The van der Waals surface area contributed by atoms with E-state index >= 15 is 0 Å². The maximum atomic E-state index is 12.2. The quantitative estimate of drug-likeness (QED) is 0.662. The fourth-order valence-corrected chi connectivity index (χ4v) is 3.51. The number of hydrogen-bond donors (Lipinski definition) is 3. The lowest BCUT2D eigenvalue weighted by Crippen LogP contribution is -2.28. The number of rotatable bonds is 7. The molecule has 0 radical (unpaired) electrons. The van der Waals surface area contributed by atoms with E-state index in [-0.39, 0.29) is 5.91 Å². The first-order valence-corrected chi connectivity index (χ1v) is 9.66. The van der Waals surface area contributed by atoms with Crippen molar-refractivity contribution in [3.05, 3.63) is 59.1 Å². The van der Waals surface area contributed by atoms with Crippen molar-refractivity contribution in [2.45, 2.75) is 32.2 Å². The van der Waals surface area contributed by atoms with Crippen LogP contribution in [-0.4, -0.2) is 19.0 Å². The zero-order valence-corrected chi connectivity index (χ0v) is 15.7. The molecule has 3 rings (SSSR count). The second kappa shape index (κ2) is 9.60. The Hall–Kier alpha value is -2.04. The van der Waals surface area contributed by atoms with Gasteiger partial charge in [0.1, 0.15) is 0 Å². The van der Waals surface area contributed by atoms with Gasteiger partial charge in [-0.3, -0.25) is 4.79 Å². The summed E-state index contributed by atoms with van der Waals surface area (Å²) in [6.45, 7) is 2.85. The van der Waals surface area contributed by atoms with E-state index in [4.69, 9.17) is 11.6 Å². The lowest BCUT2D eigenvalue weighted by atomic mass is 9.93. The van der Waals surface area contributed by atoms with Crippen LogP contribution in [0.25, 0.3) is 0 Å². The van der Waals surface area contributed by atoms with Crippen LogP contribution in [0.3, 0.4) is 0 Å². The predicted molar refractivity (Wildman–Crippen MR) is 109 cm³/mol. The number of carbonyl (C=O) groups excluding carboxylic acids is 1. The average molecular weight is 372 g/mol. The molecule has 1 saturated heterocycles. The minimum absolute atomic E-state index is 0.0598. The van der Waals surface area contributed by atoms with Gasteiger partial charge in [0.2, 0.25) is 5.91 Å². The molecule has 1 aliphatic rings. The minimum atomic E-state index is 0.0598. The summed E-state index contributed by atoms with van der Waals surface area (Å²) in [7, 11) is 0. The van der Waals surface area contributed by atoms with E-state index in [2.05, 4.69) is 28.1 Å². The van der Waals surface area contributed by atoms with Crippen LogP contribution in [0.2, 0.25) is 5.02 Å². The van der Waals surface area contributed by atoms with Crippen LogP contribution in [0.1, 0.15) is 31.2 Å². The Bertz CT molecular complexity index is 714. The standard InChI is InChI=1S/C21H26ClN3O/c22-19-14-18(25-21(26)9-6-16-10-12-23-13-11-16)7-8-20(19)24-15-17-4-2-1-3-5-17/h1-5,7-8,14,16,23-24H,6,9-13,15H2,(H,25,26). The molecule has 1 heterocycles. The summed E-state index contributed by atoms with van der Waals surface area (Å²) in [4.78, 5) is 12.2. The van der Waals surface area contributed by atoms with Gasteiger partial charge in [-0.15, -0.1) is 0 Å². The van der Waals surface area contributed by atoms with Crippen LogP contribution in [0.4, 0.5) is 11.4 Å². The molecule has 0 aromatic heterocycles. The van der Waals surface area contributed by atoms with Gasteiger partial charge in [0, 0.05) is 18.7 Å². The molecule has 1 aliphatic heterocycles. The zero-order valence-electron chi connectivity index (χ0n) is 14.9. The van der Waals surface area contributed by atoms with Crippen LogP contribution in [0.5, 0.6) is 0 Å². The number of halogens is 1. The highest BCUT2D eigenvalue weighted by Crippen LogP contribution is 2.26. The molecular weight excluding hydrogens is 346 g/mol. The summed E-state index contributed by atoms with van der Waals surface area (Å²) >= 11 is 6.36. The molecule has 0 aliphatic carbocycles. The van der Waals surface area contributed by atoms with Crippen molar-refractivity contribution in [3.8, 4) is 0 Å². The smallest absolute Gasteiger partial charge is 0.224 e. The highest BCUT2D eigenvalue weighted by Gasteiger charge is 2.14. The SMILES string of the molecule is O=C(CCC1CCNCC1)Nc1ccc(NCc2ccccc2)c(Cl)c1. The van der Waals surface area contributed by atoms with Gasteiger partial charge in [0.05, 0.1) is 10.7 Å². The molecule has 2 aromatic carbocycles. The number of anilines is 2. The van der Waals surface area contributed by atoms with Gasteiger partial charge in [-0.25, -0.2) is 0 Å². The van der Waals surface area contributed by atoms with Crippen LogP contribution in [0.15, 0.2) is 48.5 Å². The Labute approximate surface area is 160 Å². The van der Waals surface area contributed by atoms with Crippen molar-refractivity contribution in [3.63, 3.8) is 0 Å². The number of carbonyl (C=O) groups is 1. The Morgan fingerprint density at radius 2 is 1.88 bits per heavy atom. The molecule has 5 heteroatoms. The monoisotopic (exact) mass is 371 g/mol. The molecule has 4 nitrogen and oxygen atoms in total. The fourth-order valence-electron chi connectivity index (χ4n) is 3.26. The second-order valence-corrected chi connectivity index (χ2v) is 7.22. The topological polar surface area (TPSA) is 53.2 Å². The maximum absolute atomic E-state index is 12.2. The van der Waals surface area contributed by atoms with Crippen molar-refractivity contribution in [2.75, 3.05) is 23.7 Å². The van der Waals surface area contributed by atoms with Crippen molar-refractivity contribution >= 4 is 28.9 Å². The Balaban J connectivity index is 1.47. The third-order valence-electron chi connectivity index (χ3n) is 4.82. The third-order valence-corrected chi connectivity index (χ3v) is 5.13. The first-order chi connectivity index (χ1) is 12.7. The normalized spacial score (nSPS) is 14.8. The minimum Gasteiger partial charge on any atom is -0.380 e. The van der Waals surface area contributed by atoms with Gasteiger partial charge < -0.3 is 16.0 Å². The molecular formula is C21H26ClN3O. The van der Waals surface area contributed by atoms with Gasteiger partial charge in [-0.1, -0.05) is 41.9 Å². The summed E-state index contributed by atoms with van der Waals surface area (Å²) in [5, 5.41) is 10.2. The largest absolute Gasteiger partial charge is 0.380 e. The lowest BCUT2D eigenvalue weighted by molar-refractivity contribution is -0.116. The van der Waals surface area contributed by atoms with Crippen LogP contribution in [-0.2, 0) is 11.3 Å². The number of benzene rings is 2. The fraction of sp³-hybridized carbons (Fsp3) is 0.381. The van der Waals surface area contributed by atoms with Crippen LogP contribution < -0.4 is 16.0 Å². The van der Waals surface area contributed by atoms with Crippen molar-refractivity contribution < 1.29 is 4.79 Å². The molecule has 0 unspecified atom stereocenters. The first-order valence-electron chi connectivity index (χ1n) is 9.28. The summed E-state index contributed by atoms with van der Waals surface area (Å²) < 4.78 is 0. The summed E-state index contributed by atoms with van der Waals surface area (Å²) in [5.41, 5.74) is 2.80. The van der Waals surface area contributed by atoms with Crippen molar-refractivity contribution in [1.82, 2.24) is 5.32 Å². The van der Waals surface area contributed by atoms with E-state index < -0.39 is 0 Å². The van der Waals surface area contributed by atoms with E-state index in [0.717, 1.165) is 30.9 Å². The number of nitrogens with one attached hydrogen (secondary N) is 3. The molecule has 0 atom stereocenters. The first kappa shape index (κ1) is 18.7. The third kappa shape index (κ3) is 5.75. The molecule has 0 saturated carbocycles. The van der Waals surface area contributed by atoms with Gasteiger partial charge in [-0.05, 0) is 62.0 Å². The molecule has 3 N–H and O–H groups in total. The molecule has 1 amide bonds. The lowest BCUT2D eigenvalue weighted by Gasteiger charge is -2.22. The Morgan fingerprint density at radius 3 is 2.62 bits per heavy atom. The molecule has 26 heavy (non-hydrogen) atoms. The highest BCUT2D eigenvalue weighted by atomic mass is 35.5. The van der Waals surface area contributed by atoms with Gasteiger partial charge in [0.15, 0.2) is 0 Å². The molecule has 0 bridgehead atoms. The number of amides is 1. The molecule has 2 aromatic rings. The molecule has 0 spiro atoms. The van der Waals surface area contributed by atoms with Crippen LogP contribution >= 0.6 is 11.6 Å². The summed E-state index contributed by atoms with van der Waals surface area (Å²) in [5.74, 6) is 0.722. The van der Waals surface area contributed by atoms with Gasteiger partial charge in [0.25, 0.3) is 0 Å². The van der Waals surface area contributed by atoms with Crippen molar-refractivity contribution in [2.24, 2.45) is 5.92 Å². The predicted octanol–water partition coefficient (Wildman–Crippen LogP) is 4.67. The van der Waals surface area contributed by atoms with Crippen LogP contribution in [0, 0.1) is 5.92 Å². The highest BCUT2D eigenvalue weighted by molar-refractivity contribution is 6.33. The Kier molecular flexibility index (Phi) is 6.92. The maximum Gasteiger partial charge on any atom is 0.224 e.